The summed E-state index contributed by atoms with van der Waals surface area (Å²) in [5.74, 6) is -0.808. The van der Waals surface area contributed by atoms with E-state index in [9.17, 15) is 9.18 Å². The van der Waals surface area contributed by atoms with E-state index < -0.39 is 5.97 Å². The highest BCUT2D eigenvalue weighted by molar-refractivity contribution is 9.10. The minimum atomic E-state index is -0.488. The molecule has 21 heavy (non-hydrogen) atoms. The topological polar surface area (TPSA) is 38.3 Å². The molecule has 0 saturated carbocycles. The molecule has 0 aliphatic heterocycles. The van der Waals surface area contributed by atoms with Crippen LogP contribution in [0, 0.1) is 5.82 Å². The summed E-state index contributed by atoms with van der Waals surface area (Å²) in [6.07, 6.45) is 0. The molecule has 0 atom stereocenters. The van der Waals surface area contributed by atoms with Crippen molar-refractivity contribution in [3.63, 3.8) is 0 Å². The van der Waals surface area contributed by atoms with Crippen LogP contribution in [0.1, 0.15) is 15.9 Å². The largest absolute Gasteiger partial charge is 0.465 e. The fourth-order valence-corrected chi connectivity index (χ4v) is 2.38. The summed E-state index contributed by atoms with van der Waals surface area (Å²) in [4.78, 5) is 11.7. The van der Waals surface area contributed by atoms with Gasteiger partial charge in [0.15, 0.2) is 0 Å². The van der Waals surface area contributed by atoms with Gasteiger partial charge >= 0.3 is 5.97 Å². The number of esters is 1. The molecular weight excluding hydrogens is 361 g/mol. The summed E-state index contributed by atoms with van der Waals surface area (Å²) in [7, 11) is 1.30. The Morgan fingerprint density at radius 1 is 1.33 bits per heavy atom. The van der Waals surface area contributed by atoms with Crippen molar-refractivity contribution in [3.8, 4) is 0 Å². The molecule has 0 unspecified atom stereocenters. The lowest BCUT2D eigenvalue weighted by atomic mass is 10.1. The monoisotopic (exact) mass is 371 g/mol. The zero-order valence-electron chi connectivity index (χ0n) is 11.1. The van der Waals surface area contributed by atoms with Crippen molar-refractivity contribution < 1.29 is 13.9 Å². The van der Waals surface area contributed by atoms with Crippen LogP contribution in [-0.2, 0) is 11.3 Å². The number of methoxy groups -OCH3 is 1. The second-order valence-electron chi connectivity index (χ2n) is 4.27. The Bertz CT molecular complexity index is 679. The third-order valence-corrected chi connectivity index (χ3v) is 3.87. The van der Waals surface area contributed by atoms with Crippen LogP contribution < -0.4 is 5.32 Å². The quantitative estimate of drug-likeness (QED) is 0.795. The lowest BCUT2D eigenvalue weighted by Gasteiger charge is -2.12. The SMILES string of the molecule is COC(=O)c1cc(Cl)ccc1NCc1cc(F)ccc1Br. The van der Waals surface area contributed by atoms with Gasteiger partial charge in [0.25, 0.3) is 0 Å². The van der Waals surface area contributed by atoms with Gasteiger partial charge in [-0.25, -0.2) is 9.18 Å². The van der Waals surface area contributed by atoms with Crippen LogP contribution in [0.5, 0.6) is 0 Å². The highest BCUT2D eigenvalue weighted by Crippen LogP contribution is 2.24. The van der Waals surface area contributed by atoms with Gasteiger partial charge in [-0.15, -0.1) is 0 Å². The van der Waals surface area contributed by atoms with E-state index in [1.807, 2.05) is 0 Å². The molecule has 2 aromatic carbocycles. The van der Waals surface area contributed by atoms with Crippen LogP contribution in [0.2, 0.25) is 5.02 Å². The van der Waals surface area contributed by atoms with Crippen molar-refractivity contribution in [3.05, 3.63) is 62.8 Å². The van der Waals surface area contributed by atoms with Crippen molar-refractivity contribution in [1.29, 1.82) is 0 Å². The number of anilines is 1. The Morgan fingerprint density at radius 3 is 2.81 bits per heavy atom. The number of benzene rings is 2. The first-order chi connectivity index (χ1) is 10.0. The van der Waals surface area contributed by atoms with Gasteiger partial charge in [0.2, 0.25) is 0 Å². The van der Waals surface area contributed by atoms with E-state index in [1.165, 1.54) is 25.3 Å². The lowest BCUT2D eigenvalue weighted by molar-refractivity contribution is 0.0602. The molecule has 0 amide bonds. The van der Waals surface area contributed by atoms with Crippen molar-refractivity contribution in [2.75, 3.05) is 12.4 Å². The van der Waals surface area contributed by atoms with Gasteiger partial charge in [0.05, 0.1) is 12.7 Å². The smallest absolute Gasteiger partial charge is 0.340 e. The average molecular weight is 373 g/mol. The fourth-order valence-electron chi connectivity index (χ4n) is 1.82. The summed E-state index contributed by atoms with van der Waals surface area (Å²) in [6, 6.07) is 9.30. The van der Waals surface area contributed by atoms with E-state index in [4.69, 9.17) is 16.3 Å². The van der Waals surface area contributed by atoms with E-state index in [0.717, 1.165) is 10.0 Å². The van der Waals surface area contributed by atoms with Crippen molar-refractivity contribution in [1.82, 2.24) is 0 Å². The molecule has 6 heteroatoms. The highest BCUT2D eigenvalue weighted by Gasteiger charge is 2.13. The van der Waals surface area contributed by atoms with Gasteiger partial charge in [-0.1, -0.05) is 27.5 Å². The molecule has 0 bridgehead atoms. The first-order valence-corrected chi connectivity index (χ1v) is 7.24. The Hall–Kier alpha value is -1.59. The first kappa shape index (κ1) is 15.8. The van der Waals surface area contributed by atoms with Crippen LogP contribution in [0.4, 0.5) is 10.1 Å². The first-order valence-electron chi connectivity index (χ1n) is 6.07. The molecule has 110 valence electrons. The van der Waals surface area contributed by atoms with E-state index in [2.05, 4.69) is 21.2 Å². The van der Waals surface area contributed by atoms with Crippen LogP contribution in [0.15, 0.2) is 40.9 Å². The van der Waals surface area contributed by atoms with Gasteiger partial charge in [0.1, 0.15) is 5.82 Å². The number of carbonyl (C=O) groups excluding carboxylic acids is 1. The Morgan fingerprint density at radius 2 is 2.10 bits per heavy atom. The van der Waals surface area contributed by atoms with E-state index >= 15 is 0 Å². The van der Waals surface area contributed by atoms with Crippen LogP contribution >= 0.6 is 27.5 Å². The molecule has 2 aromatic rings. The Balaban J connectivity index is 2.24. The third-order valence-electron chi connectivity index (χ3n) is 2.86. The predicted molar refractivity (Wildman–Crippen MR) is 84.2 cm³/mol. The van der Waals surface area contributed by atoms with Gasteiger partial charge in [-0.05, 0) is 42.0 Å². The maximum atomic E-state index is 13.2. The summed E-state index contributed by atoms with van der Waals surface area (Å²) in [6.45, 7) is 0.351. The molecule has 0 radical (unpaired) electrons. The fraction of sp³-hybridized carbons (Fsp3) is 0.133. The van der Waals surface area contributed by atoms with Crippen molar-refractivity contribution in [2.45, 2.75) is 6.54 Å². The van der Waals surface area contributed by atoms with Gasteiger partial charge < -0.3 is 10.1 Å². The average Bonchev–Trinajstić information content (AvgIpc) is 2.48. The molecule has 0 fully saturated rings. The molecule has 0 saturated heterocycles. The third kappa shape index (κ3) is 3.95. The lowest BCUT2D eigenvalue weighted by Crippen LogP contribution is -2.08. The predicted octanol–water partition coefficient (Wildman–Crippen LogP) is 4.64. The molecule has 3 nitrogen and oxygen atoms in total. The minimum absolute atomic E-state index is 0.320. The van der Waals surface area contributed by atoms with E-state index in [1.54, 1.807) is 18.2 Å². The Kier molecular flexibility index (Phi) is 5.20. The molecule has 0 spiro atoms. The van der Waals surface area contributed by atoms with E-state index in [-0.39, 0.29) is 5.82 Å². The van der Waals surface area contributed by atoms with Gasteiger partial charge in [-0.3, -0.25) is 0 Å². The number of halogens is 3. The molecule has 0 aromatic heterocycles. The summed E-state index contributed by atoms with van der Waals surface area (Å²) >= 11 is 9.25. The molecule has 0 aliphatic rings. The standard InChI is InChI=1S/C15H12BrClFNO2/c1-21-15(20)12-7-10(17)2-5-14(12)19-8-9-6-11(18)3-4-13(9)16/h2-7,19H,8H2,1H3. The molecule has 2 rings (SSSR count). The number of rotatable bonds is 4. The molecular formula is C15H12BrClFNO2. The zero-order valence-corrected chi connectivity index (χ0v) is 13.5. The molecule has 0 aliphatic carbocycles. The maximum Gasteiger partial charge on any atom is 0.340 e. The number of hydrogen-bond acceptors (Lipinski definition) is 3. The normalized spacial score (nSPS) is 10.3. The highest BCUT2D eigenvalue weighted by atomic mass is 79.9. The number of carbonyl (C=O) groups is 1. The summed E-state index contributed by atoms with van der Waals surface area (Å²) in [5.41, 5.74) is 1.64. The number of ether oxygens (including phenoxy) is 1. The van der Waals surface area contributed by atoms with Crippen LogP contribution in [0.3, 0.4) is 0 Å². The number of nitrogens with one attached hydrogen (secondary N) is 1. The van der Waals surface area contributed by atoms with Crippen molar-refractivity contribution >= 4 is 39.2 Å². The summed E-state index contributed by atoms with van der Waals surface area (Å²) in [5, 5.41) is 3.52. The Labute approximate surface area is 135 Å². The number of hydrogen-bond donors (Lipinski definition) is 1. The molecule has 0 heterocycles. The van der Waals surface area contributed by atoms with Crippen LogP contribution in [-0.4, -0.2) is 13.1 Å². The van der Waals surface area contributed by atoms with Crippen LogP contribution in [0.25, 0.3) is 0 Å². The summed E-state index contributed by atoms with van der Waals surface area (Å²) < 4.78 is 18.8. The zero-order chi connectivity index (χ0) is 15.4. The maximum absolute atomic E-state index is 13.2. The second kappa shape index (κ2) is 6.91. The van der Waals surface area contributed by atoms with Gasteiger partial charge in [-0.2, -0.15) is 0 Å². The second-order valence-corrected chi connectivity index (χ2v) is 5.56. The van der Waals surface area contributed by atoms with Gasteiger partial charge in [0, 0.05) is 21.7 Å². The molecule has 1 N–H and O–H groups in total. The minimum Gasteiger partial charge on any atom is -0.465 e. The van der Waals surface area contributed by atoms with Crippen molar-refractivity contribution in [2.24, 2.45) is 0 Å². The van der Waals surface area contributed by atoms with E-state index in [0.29, 0.717) is 22.8 Å².